The molecule has 0 radical (unpaired) electrons. The van der Waals surface area contributed by atoms with Crippen molar-refractivity contribution >= 4 is 29.3 Å². The van der Waals surface area contributed by atoms with Crippen molar-refractivity contribution in [3.63, 3.8) is 0 Å². The van der Waals surface area contributed by atoms with E-state index in [4.69, 9.17) is 20.8 Å². The van der Waals surface area contributed by atoms with Gasteiger partial charge in [-0.25, -0.2) is 4.98 Å². The smallest absolute Gasteiger partial charge is 0.276 e. The van der Waals surface area contributed by atoms with Gasteiger partial charge in [-0.15, -0.1) is 0 Å². The lowest BCUT2D eigenvalue weighted by Crippen LogP contribution is -2.45. The van der Waals surface area contributed by atoms with Crippen molar-refractivity contribution in [2.75, 3.05) is 26.2 Å². The van der Waals surface area contributed by atoms with Crippen LogP contribution in [0.15, 0.2) is 28.9 Å². The van der Waals surface area contributed by atoms with Crippen molar-refractivity contribution < 1.29 is 23.5 Å². The molecule has 0 bridgehead atoms. The Labute approximate surface area is 185 Å². The second-order valence-electron chi connectivity index (χ2n) is 7.36. The maximum absolute atomic E-state index is 12.8. The normalized spacial score (nSPS) is 18.7. The van der Waals surface area contributed by atoms with E-state index in [0.717, 1.165) is 0 Å². The number of aromatic nitrogens is 1. The summed E-state index contributed by atoms with van der Waals surface area (Å²) in [5.41, 5.74) is 0.485. The molecule has 1 aromatic heterocycles. The Morgan fingerprint density at radius 1 is 1.29 bits per heavy atom. The Kier molecular flexibility index (Phi) is 7.51. The first-order valence-corrected chi connectivity index (χ1v) is 10.4. The van der Waals surface area contributed by atoms with Gasteiger partial charge in [0.05, 0.1) is 18.2 Å². The van der Waals surface area contributed by atoms with E-state index in [2.05, 4.69) is 15.6 Å². The third kappa shape index (κ3) is 6.21. The highest BCUT2D eigenvalue weighted by Gasteiger charge is 2.23. The van der Waals surface area contributed by atoms with Crippen molar-refractivity contribution in [1.29, 1.82) is 0 Å². The van der Waals surface area contributed by atoms with E-state index >= 15 is 0 Å². The SMILES string of the molecule is Cc1nc(C(=O)N2CCCCNC(=O)c3cc(Cl)ccc3OC[C@H](C)NC(=O)C2)co1. The Morgan fingerprint density at radius 3 is 2.84 bits per heavy atom. The van der Waals surface area contributed by atoms with Gasteiger partial charge in [-0.1, -0.05) is 11.6 Å². The summed E-state index contributed by atoms with van der Waals surface area (Å²) in [6.45, 7) is 4.18. The Hall–Kier alpha value is -3.07. The number of carbonyl (C=O) groups is 3. The lowest BCUT2D eigenvalue weighted by atomic mass is 10.2. The van der Waals surface area contributed by atoms with Crippen LogP contribution >= 0.6 is 11.6 Å². The van der Waals surface area contributed by atoms with Crippen LogP contribution in [-0.4, -0.2) is 59.9 Å². The molecule has 0 fully saturated rings. The van der Waals surface area contributed by atoms with Crippen LogP contribution in [0.3, 0.4) is 0 Å². The Bertz CT molecular complexity index is 961. The number of nitrogens with one attached hydrogen (secondary N) is 2. The lowest BCUT2D eigenvalue weighted by Gasteiger charge is -2.22. The molecule has 0 spiro atoms. The predicted molar refractivity (Wildman–Crippen MR) is 113 cm³/mol. The molecule has 9 nitrogen and oxygen atoms in total. The zero-order chi connectivity index (χ0) is 22.4. The fraction of sp³-hybridized carbons (Fsp3) is 0.429. The second kappa shape index (κ2) is 10.3. The molecule has 1 aromatic carbocycles. The van der Waals surface area contributed by atoms with Gasteiger partial charge in [0.2, 0.25) is 5.91 Å². The quantitative estimate of drug-likeness (QED) is 0.691. The van der Waals surface area contributed by atoms with Crippen LogP contribution in [0.1, 0.15) is 46.5 Å². The van der Waals surface area contributed by atoms with Crippen LogP contribution < -0.4 is 15.4 Å². The number of benzene rings is 1. The largest absolute Gasteiger partial charge is 0.491 e. The van der Waals surface area contributed by atoms with Crippen molar-refractivity contribution in [2.45, 2.75) is 32.7 Å². The number of halogens is 1. The zero-order valence-corrected chi connectivity index (χ0v) is 18.2. The highest BCUT2D eigenvalue weighted by molar-refractivity contribution is 6.31. The summed E-state index contributed by atoms with van der Waals surface area (Å²) < 4.78 is 10.9. The van der Waals surface area contributed by atoms with Gasteiger partial charge in [-0.3, -0.25) is 14.4 Å². The number of carbonyl (C=O) groups excluding carboxylic acids is 3. The molecule has 31 heavy (non-hydrogen) atoms. The molecular formula is C21H25ClN4O5. The molecular weight excluding hydrogens is 424 g/mol. The number of oxazole rings is 1. The molecule has 0 unspecified atom stereocenters. The molecule has 2 aromatic rings. The zero-order valence-electron chi connectivity index (χ0n) is 17.4. The average Bonchev–Trinajstić information content (AvgIpc) is 3.16. The molecule has 2 heterocycles. The van der Waals surface area contributed by atoms with Gasteiger partial charge in [0.15, 0.2) is 11.6 Å². The summed E-state index contributed by atoms with van der Waals surface area (Å²) in [5, 5.41) is 6.08. The minimum atomic E-state index is -0.383. The minimum absolute atomic E-state index is 0.117. The van der Waals surface area contributed by atoms with Crippen molar-refractivity contribution in [2.24, 2.45) is 0 Å². The molecule has 1 aliphatic rings. The summed E-state index contributed by atoms with van der Waals surface area (Å²) in [7, 11) is 0. The number of amides is 3. The van der Waals surface area contributed by atoms with Crippen molar-refractivity contribution in [3.8, 4) is 5.75 Å². The fourth-order valence-electron chi connectivity index (χ4n) is 3.16. The van der Waals surface area contributed by atoms with Crippen LogP contribution in [0.25, 0.3) is 0 Å². The van der Waals surface area contributed by atoms with Gasteiger partial charge in [0.1, 0.15) is 18.6 Å². The van der Waals surface area contributed by atoms with Gasteiger partial charge in [-0.05, 0) is 38.0 Å². The molecule has 0 aliphatic carbocycles. The van der Waals surface area contributed by atoms with Gasteiger partial charge >= 0.3 is 0 Å². The third-order valence-electron chi connectivity index (χ3n) is 4.68. The first-order chi connectivity index (χ1) is 14.8. The highest BCUT2D eigenvalue weighted by Crippen LogP contribution is 2.23. The molecule has 0 saturated carbocycles. The summed E-state index contributed by atoms with van der Waals surface area (Å²) in [6, 6.07) is 4.47. The molecule has 1 atom stereocenters. The summed E-state index contributed by atoms with van der Waals surface area (Å²) >= 11 is 6.04. The molecule has 3 rings (SSSR count). The first-order valence-electron chi connectivity index (χ1n) is 10.0. The topological polar surface area (TPSA) is 114 Å². The second-order valence-corrected chi connectivity index (χ2v) is 7.80. The van der Waals surface area contributed by atoms with E-state index in [1.165, 1.54) is 11.2 Å². The van der Waals surface area contributed by atoms with E-state index in [-0.39, 0.29) is 42.6 Å². The van der Waals surface area contributed by atoms with Crippen LogP contribution in [0, 0.1) is 6.92 Å². The van der Waals surface area contributed by atoms with E-state index in [9.17, 15) is 14.4 Å². The minimum Gasteiger partial charge on any atom is -0.491 e. The fourth-order valence-corrected chi connectivity index (χ4v) is 3.33. The average molecular weight is 449 g/mol. The van der Waals surface area contributed by atoms with E-state index in [0.29, 0.717) is 48.2 Å². The maximum Gasteiger partial charge on any atom is 0.276 e. The van der Waals surface area contributed by atoms with E-state index in [1.54, 1.807) is 32.0 Å². The number of aryl methyl sites for hydroxylation is 1. The van der Waals surface area contributed by atoms with Crippen LogP contribution in [0.4, 0.5) is 0 Å². The van der Waals surface area contributed by atoms with Gasteiger partial charge in [0, 0.05) is 25.0 Å². The van der Waals surface area contributed by atoms with Crippen LogP contribution in [0.2, 0.25) is 5.02 Å². The maximum atomic E-state index is 12.8. The number of ether oxygens (including phenoxy) is 1. The van der Waals surface area contributed by atoms with Gasteiger partial charge in [-0.2, -0.15) is 0 Å². The van der Waals surface area contributed by atoms with E-state index in [1.807, 2.05) is 0 Å². The molecule has 0 saturated heterocycles. The summed E-state index contributed by atoms with van der Waals surface area (Å²) in [5.74, 6) is -0.234. The van der Waals surface area contributed by atoms with Crippen LogP contribution in [-0.2, 0) is 4.79 Å². The standard InChI is InChI=1S/C21H25ClN4O5/c1-13-11-31-18-6-5-15(22)9-16(18)20(28)23-7-3-4-8-26(10-19(27)24-13)21(29)17-12-30-14(2)25-17/h5-6,9,12-13H,3-4,7-8,10-11H2,1-2H3,(H,23,28)(H,24,27)/t13-/m0/s1. The van der Waals surface area contributed by atoms with Crippen LogP contribution in [0.5, 0.6) is 5.75 Å². The highest BCUT2D eigenvalue weighted by atomic mass is 35.5. The Morgan fingerprint density at radius 2 is 2.10 bits per heavy atom. The molecule has 2 N–H and O–H groups in total. The Balaban J connectivity index is 1.75. The third-order valence-corrected chi connectivity index (χ3v) is 4.92. The molecule has 1 aliphatic heterocycles. The summed E-state index contributed by atoms with van der Waals surface area (Å²) in [6.07, 6.45) is 2.48. The lowest BCUT2D eigenvalue weighted by molar-refractivity contribution is -0.122. The number of hydrogen-bond donors (Lipinski definition) is 2. The molecule has 3 amide bonds. The van der Waals surface area contributed by atoms with Gasteiger partial charge in [0.25, 0.3) is 11.8 Å². The molecule has 10 heteroatoms. The predicted octanol–water partition coefficient (Wildman–Crippen LogP) is 2.19. The monoisotopic (exact) mass is 448 g/mol. The number of nitrogens with zero attached hydrogens (tertiary/aromatic N) is 2. The molecule has 166 valence electrons. The summed E-state index contributed by atoms with van der Waals surface area (Å²) in [4.78, 5) is 43.4. The van der Waals surface area contributed by atoms with Gasteiger partial charge < -0.3 is 24.7 Å². The van der Waals surface area contributed by atoms with E-state index < -0.39 is 0 Å². The number of rotatable bonds is 1. The number of fused-ring (bicyclic) bond motifs is 1. The number of hydrogen-bond acceptors (Lipinski definition) is 6. The van der Waals surface area contributed by atoms with Crippen molar-refractivity contribution in [3.05, 3.63) is 46.6 Å². The van der Waals surface area contributed by atoms with Crippen molar-refractivity contribution in [1.82, 2.24) is 20.5 Å². The first kappa shape index (κ1) is 22.6.